The molecule has 0 saturated heterocycles. The summed E-state index contributed by atoms with van der Waals surface area (Å²) >= 11 is 0. The summed E-state index contributed by atoms with van der Waals surface area (Å²) < 4.78 is 2.39. The van der Waals surface area contributed by atoms with Gasteiger partial charge in [-0.2, -0.15) is 0 Å². The fourth-order valence-corrected chi connectivity index (χ4v) is 10.3. The summed E-state index contributed by atoms with van der Waals surface area (Å²) in [7, 11) is 0. The van der Waals surface area contributed by atoms with Crippen molar-refractivity contribution in [1.82, 2.24) is 4.57 Å². The van der Waals surface area contributed by atoms with Gasteiger partial charge in [-0.05, 0) is 178 Å². The molecule has 0 saturated carbocycles. The number of hydrogen-bond donors (Lipinski definition) is 0. The number of benzene rings is 12. The molecule has 0 atom stereocenters. The number of hydrogen-bond acceptors (Lipinski definition) is 0. The highest BCUT2D eigenvalue weighted by Crippen LogP contribution is 2.41. The molecule has 0 unspecified atom stereocenters. The predicted octanol–water partition coefficient (Wildman–Crippen LogP) is 17.7. The Morgan fingerprint density at radius 1 is 0.185 bits per heavy atom. The molecule has 0 N–H and O–H groups in total. The van der Waals surface area contributed by atoms with E-state index in [2.05, 4.69) is 253 Å². The topological polar surface area (TPSA) is 4.93 Å². The van der Waals surface area contributed by atoms with Crippen LogP contribution in [0.3, 0.4) is 0 Å². The smallest absolute Gasteiger partial charge is 0.0541 e. The van der Waals surface area contributed by atoms with Crippen LogP contribution in [0.15, 0.2) is 249 Å². The molecule has 0 aliphatic heterocycles. The largest absolute Gasteiger partial charge is 0.309 e. The Hall–Kier alpha value is -8.52. The van der Waals surface area contributed by atoms with Crippen LogP contribution in [0.25, 0.3) is 126 Å². The molecule has 13 rings (SSSR count). The van der Waals surface area contributed by atoms with Crippen LogP contribution in [0, 0.1) is 0 Å². The molecule has 12 aromatic carbocycles. The third kappa shape index (κ3) is 6.40. The first-order valence-corrected chi connectivity index (χ1v) is 22.5. The van der Waals surface area contributed by atoms with E-state index in [4.69, 9.17) is 0 Å². The highest BCUT2D eigenvalue weighted by atomic mass is 15.0. The molecule has 302 valence electrons. The Morgan fingerprint density at radius 3 is 1.14 bits per heavy atom. The predicted molar refractivity (Wildman–Crippen MR) is 278 cm³/mol. The normalized spacial score (nSPS) is 11.7. The van der Waals surface area contributed by atoms with Gasteiger partial charge in [-0.3, -0.25) is 0 Å². The van der Waals surface area contributed by atoms with Crippen LogP contribution >= 0.6 is 0 Å². The van der Waals surface area contributed by atoms with E-state index in [1.165, 1.54) is 121 Å². The number of aromatic nitrogens is 1. The van der Waals surface area contributed by atoms with Crippen molar-refractivity contribution in [3.05, 3.63) is 249 Å². The summed E-state index contributed by atoms with van der Waals surface area (Å²) in [5, 5.41) is 12.6. The van der Waals surface area contributed by atoms with Crippen LogP contribution < -0.4 is 0 Å². The highest BCUT2D eigenvalue weighted by molar-refractivity contribution is 6.12. The van der Waals surface area contributed by atoms with E-state index >= 15 is 0 Å². The maximum Gasteiger partial charge on any atom is 0.0541 e. The van der Waals surface area contributed by atoms with Crippen molar-refractivity contribution in [2.75, 3.05) is 0 Å². The molecular formula is C64H41N. The maximum absolute atomic E-state index is 2.39. The van der Waals surface area contributed by atoms with Crippen LogP contribution in [0.5, 0.6) is 0 Å². The van der Waals surface area contributed by atoms with Crippen molar-refractivity contribution >= 4 is 64.9 Å². The SMILES string of the molecule is c1ccc(-c2cc(-c3cc(-c4ccc5c(ccc6ccccc65)c4)cc(-c4ccc5c(ccc6ccccc65)c4)c3)cc(-c3ccc4c(c3)c3ccccc3n4-c3ccccc3)c2)cc1. The van der Waals surface area contributed by atoms with Crippen molar-refractivity contribution in [1.29, 1.82) is 0 Å². The lowest BCUT2D eigenvalue weighted by atomic mass is 9.88. The Balaban J connectivity index is 1.02. The summed E-state index contributed by atoms with van der Waals surface area (Å²) in [5.41, 5.74) is 15.4. The average Bonchev–Trinajstić information content (AvgIpc) is 3.72. The third-order valence-electron chi connectivity index (χ3n) is 13.5. The van der Waals surface area contributed by atoms with Gasteiger partial charge in [-0.15, -0.1) is 0 Å². The van der Waals surface area contributed by atoms with E-state index in [1.54, 1.807) is 0 Å². The van der Waals surface area contributed by atoms with Crippen LogP contribution in [-0.4, -0.2) is 4.57 Å². The van der Waals surface area contributed by atoms with Crippen molar-refractivity contribution in [3.63, 3.8) is 0 Å². The summed E-state index contributed by atoms with van der Waals surface area (Å²) in [6.07, 6.45) is 0. The zero-order valence-corrected chi connectivity index (χ0v) is 35.6. The van der Waals surface area contributed by atoms with Gasteiger partial charge in [-0.1, -0.05) is 170 Å². The van der Waals surface area contributed by atoms with Gasteiger partial charge >= 0.3 is 0 Å². The van der Waals surface area contributed by atoms with E-state index < -0.39 is 0 Å². The molecule has 0 bridgehead atoms. The monoisotopic (exact) mass is 823 g/mol. The van der Waals surface area contributed by atoms with Crippen molar-refractivity contribution in [3.8, 4) is 61.3 Å². The molecule has 0 fully saturated rings. The van der Waals surface area contributed by atoms with Gasteiger partial charge in [-0.25, -0.2) is 0 Å². The summed E-state index contributed by atoms with van der Waals surface area (Å²) in [5.74, 6) is 0. The lowest BCUT2D eigenvalue weighted by molar-refractivity contribution is 1.18. The molecule has 0 aliphatic carbocycles. The molecule has 0 spiro atoms. The highest BCUT2D eigenvalue weighted by Gasteiger charge is 2.16. The van der Waals surface area contributed by atoms with Crippen LogP contribution in [0.2, 0.25) is 0 Å². The Kier molecular flexibility index (Phi) is 8.60. The summed E-state index contributed by atoms with van der Waals surface area (Å²) in [4.78, 5) is 0. The van der Waals surface area contributed by atoms with Gasteiger partial charge in [0.15, 0.2) is 0 Å². The minimum absolute atomic E-state index is 1.16. The number of rotatable bonds is 6. The molecule has 0 amide bonds. The quantitative estimate of drug-likeness (QED) is 0.147. The maximum atomic E-state index is 2.39. The minimum atomic E-state index is 1.16. The molecular weight excluding hydrogens is 783 g/mol. The molecule has 1 heteroatoms. The first kappa shape index (κ1) is 37.1. The lowest BCUT2D eigenvalue weighted by Gasteiger charge is -2.16. The first-order valence-electron chi connectivity index (χ1n) is 22.5. The van der Waals surface area contributed by atoms with Crippen LogP contribution in [0.1, 0.15) is 0 Å². The number of para-hydroxylation sites is 2. The van der Waals surface area contributed by atoms with Crippen molar-refractivity contribution in [2.24, 2.45) is 0 Å². The van der Waals surface area contributed by atoms with Crippen molar-refractivity contribution < 1.29 is 0 Å². The Bertz CT molecular complexity index is 3850. The van der Waals surface area contributed by atoms with E-state index in [0.717, 1.165) is 5.69 Å². The van der Waals surface area contributed by atoms with Gasteiger partial charge < -0.3 is 4.57 Å². The van der Waals surface area contributed by atoms with E-state index in [1.807, 2.05) is 0 Å². The van der Waals surface area contributed by atoms with Crippen molar-refractivity contribution in [2.45, 2.75) is 0 Å². The molecule has 1 aromatic heterocycles. The Labute approximate surface area is 377 Å². The average molecular weight is 824 g/mol. The molecule has 1 heterocycles. The second kappa shape index (κ2) is 15.1. The molecule has 0 radical (unpaired) electrons. The first-order chi connectivity index (χ1) is 32.2. The zero-order valence-electron chi connectivity index (χ0n) is 35.6. The lowest BCUT2D eigenvalue weighted by Crippen LogP contribution is -1.93. The van der Waals surface area contributed by atoms with E-state index in [0.29, 0.717) is 0 Å². The van der Waals surface area contributed by atoms with Gasteiger partial charge in [0.1, 0.15) is 0 Å². The summed E-state index contributed by atoms with van der Waals surface area (Å²) in [6, 6.07) is 91.9. The van der Waals surface area contributed by atoms with Gasteiger partial charge in [0.25, 0.3) is 0 Å². The standard InChI is InChI=1S/C64H41N/c1-3-13-42(14-4-1)50-35-53(47-29-32-64-62(41-47)61-21-11-12-22-63(61)65(64)56-17-5-2-6-18-56)40-54(36-50)55-38-51(45-27-30-59-48(33-45)25-23-43-15-7-9-19-57(43)59)37-52(39-55)46-28-31-60-49(34-46)26-24-44-16-8-10-20-58(44)60/h1-41H. The fraction of sp³-hybridized carbons (Fsp3) is 0. The van der Waals surface area contributed by atoms with Gasteiger partial charge in [0.2, 0.25) is 0 Å². The van der Waals surface area contributed by atoms with E-state index in [9.17, 15) is 0 Å². The number of fused-ring (bicyclic) bond motifs is 9. The fourth-order valence-electron chi connectivity index (χ4n) is 10.3. The van der Waals surface area contributed by atoms with Gasteiger partial charge in [0.05, 0.1) is 11.0 Å². The number of nitrogens with zero attached hydrogens (tertiary/aromatic N) is 1. The Morgan fingerprint density at radius 2 is 0.569 bits per heavy atom. The molecule has 13 aromatic rings. The molecule has 0 aliphatic rings. The van der Waals surface area contributed by atoms with Crippen LogP contribution in [0.4, 0.5) is 0 Å². The zero-order chi connectivity index (χ0) is 42.8. The third-order valence-corrected chi connectivity index (χ3v) is 13.5. The second-order valence-electron chi connectivity index (χ2n) is 17.3. The van der Waals surface area contributed by atoms with E-state index in [-0.39, 0.29) is 0 Å². The summed E-state index contributed by atoms with van der Waals surface area (Å²) in [6.45, 7) is 0. The van der Waals surface area contributed by atoms with Crippen LogP contribution in [-0.2, 0) is 0 Å². The molecule has 1 nitrogen and oxygen atoms in total. The molecule has 65 heavy (non-hydrogen) atoms. The minimum Gasteiger partial charge on any atom is -0.309 e. The van der Waals surface area contributed by atoms with Gasteiger partial charge in [0, 0.05) is 16.5 Å². The second-order valence-corrected chi connectivity index (χ2v) is 17.3.